The first-order valence-corrected chi connectivity index (χ1v) is 9.29. The number of nitrogens with zero attached hydrogens (tertiary/aromatic N) is 1. The number of rotatable bonds is 7. The zero-order valence-electron chi connectivity index (χ0n) is 14.2. The summed E-state index contributed by atoms with van der Waals surface area (Å²) in [5.74, 6) is -0.302. The van der Waals surface area contributed by atoms with Gasteiger partial charge in [0.1, 0.15) is 10.7 Å². The van der Waals surface area contributed by atoms with Crippen LogP contribution in [0.1, 0.15) is 46.7 Å². The molecule has 1 heterocycles. The number of nitrogen functional groups attached to an aromatic ring is 1. The van der Waals surface area contributed by atoms with E-state index in [2.05, 4.69) is 12.2 Å². The van der Waals surface area contributed by atoms with Crippen LogP contribution >= 0.6 is 23.6 Å². The van der Waals surface area contributed by atoms with E-state index in [4.69, 9.17) is 22.7 Å². The van der Waals surface area contributed by atoms with E-state index in [1.165, 1.54) is 11.3 Å². The van der Waals surface area contributed by atoms with Crippen LogP contribution in [0.3, 0.4) is 0 Å². The molecular formula is C17H21N3O3S2. The van der Waals surface area contributed by atoms with Gasteiger partial charge in [-0.25, -0.2) is 4.79 Å². The highest BCUT2D eigenvalue weighted by molar-refractivity contribution is 7.73. The molecule has 0 fully saturated rings. The van der Waals surface area contributed by atoms with Gasteiger partial charge in [-0.05, 0) is 49.8 Å². The monoisotopic (exact) mass is 379 g/mol. The molecule has 3 N–H and O–H groups in total. The van der Waals surface area contributed by atoms with E-state index in [0.29, 0.717) is 39.1 Å². The van der Waals surface area contributed by atoms with E-state index >= 15 is 0 Å². The molecule has 0 unspecified atom stereocenters. The SMILES string of the molecule is CCCCNC(=O)c1sc(=S)n(-c2ccc(C(=O)OCC)cc2)c1N. The van der Waals surface area contributed by atoms with E-state index in [1.54, 1.807) is 35.8 Å². The van der Waals surface area contributed by atoms with Crippen LogP contribution in [0.15, 0.2) is 24.3 Å². The highest BCUT2D eigenvalue weighted by Crippen LogP contribution is 2.26. The Kier molecular flexibility index (Phi) is 6.72. The molecule has 0 radical (unpaired) electrons. The lowest BCUT2D eigenvalue weighted by atomic mass is 10.2. The van der Waals surface area contributed by atoms with E-state index in [9.17, 15) is 9.59 Å². The number of carbonyl (C=O) groups excluding carboxylic acids is 2. The van der Waals surface area contributed by atoms with Crippen molar-refractivity contribution in [3.8, 4) is 5.69 Å². The van der Waals surface area contributed by atoms with Gasteiger partial charge in [0.15, 0.2) is 3.95 Å². The predicted octanol–water partition coefficient (Wildman–Crippen LogP) is 3.56. The van der Waals surface area contributed by atoms with Crippen molar-refractivity contribution in [2.24, 2.45) is 0 Å². The molecular weight excluding hydrogens is 358 g/mol. The summed E-state index contributed by atoms with van der Waals surface area (Å²) in [6.07, 6.45) is 1.91. The van der Waals surface area contributed by atoms with Crippen LogP contribution in [-0.2, 0) is 4.74 Å². The van der Waals surface area contributed by atoms with E-state index in [1.807, 2.05) is 0 Å². The molecule has 1 aromatic carbocycles. The molecule has 0 saturated heterocycles. The standard InChI is InChI=1S/C17H21N3O3S2/c1-3-5-10-19-15(21)13-14(18)20(17(24)25-13)12-8-6-11(7-9-12)16(22)23-4-2/h6-9H,3-5,10,18H2,1-2H3,(H,19,21). The Morgan fingerprint density at radius 3 is 2.56 bits per heavy atom. The number of esters is 1. The lowest BCUT2D eigenvalue weighted by Crippen LogP contribution is -2.24. The summed E-state index contributed by atoms with van der Waals surface area (Å²) in [6.45, 7) is 4.74. The molecule has 0 saturated carbocycles. The number of ether oxygens (including phenoxy) is 1. The number of benzene rings is 1. The van der Waals surface area contributed by atoms with Gasteiger partial charge in [-0.1, -0.05) is 24.7 Å². The Bertz CT molecular complexity index is 810. The van der Waals surface area contributed by atoms with Crippen molar-refractivity contribution in [3.05, 3.63) is 38.7 Å². The van der Waals surface area contributed by atoms with Crippen LogP contribution in [0, 0.1) is 3.95 Å². The van der Waals surface area contributed by atoms with Crippen LogP contribution in [0.2, 0.25) is 0 Å². The number of hydrogen-bond donors (Lipinski definition) is 2. The van der Waals surface area contributed by atoms with Crippen LogP contribution in [0.4, 0.5) is 5.82 Å². The predicted molar refractivity (Wildman–Crippen MR) is 102 cm³/mol. The molecule has 2 rings (SSSR count). The highest BCUT2D eigenvalue weighted by atomic mass is 32.1. The second kappa shape index (κ2) is 8.77. The summed E-state index contributed by atoms with van der Waals surface area (Å²) in [5.41, 5.74) is 7.28. The summed E-state index contributed by atoms with van der Waals surface area (Å²) in [5, 5.41) is 2.84. The fourth-order valence-electron chi connectivity index (χ4n) is 2.21. The lowest BCUT2D eigenvalue weighted by molar-refractivity contribution is 0.0526. The minimum atomic E-state index is -0.382. The van der Waals surface area contributed by atoms with Crippen molar-refractivity contribution in [2.45, 2.75) is 26.7 Å². The Labute approximate surface area is 155 Å². The third-order valence-electron chi connectivity index (χ3n) is 3.50. The molecule has 25 heavy (non-hydrogen) atoms. The van der Waals surface area contributed by atoms with Crippen LogP contribution in [0.5, 0.6) is 0 Å². The number of carbonyl (C=O) groups is 2. The zero-order valence-corrected chi connectivity index (χ0v) is 15.8. The van der Waals surface area contributed by atoms with Gasteiger partial charge >= 0.3 is 5.97 Å². The number of thiazole rings is 1. The maximum atomic E-state index is 12.3. The van der Waals surface area contributed by atoms with E-state index in [-0.39, 0.29) is 11.9 Å². The third kappa shape index (κ3) is 4.46. The fourth-order valence-corrected chi connectivity index (χ4v) is 3.50. The largest absolute Gasteiger partial charge is 0.462 e. The Hall–Kier alpha value is -2.19. The highest BCUT2D eigenvalue weighted by Gasteiger charge is 2.18. The van der Waals surface area contributed by atoms with E-state index < -0.39 is 0 Å². The molecule has 134 valence electrons. The molecule has 0 aliphatic heterocycles. The molecule has 0 atom stereocenters. The first-order chi connectivity index (χ1) is 12.0. The number of nitrogens with two attached hydrogens (primary N) is 1. The summed E-state index contributed by atoms with van der Waals surface area (Å²) >= 11 is 6.52. The van der Waals surface area contributed by atoms with Crippen LogP contribution < -0.4 is 11.1 Å². The Morgan fingerprint density at radius 1 is 1.28 bits per heavy atom. The van der Waals surface area contributed by atoms with Crippen molar-refractivity contribution in [1.29, 1.82) is 0 Å². The molecule has 0 bridgehead atoms. The quantitative estimate of drug-likeness (QED) is 0.436. The van der Waals surface area contributed by atoms with Crippen molar-refractivity contribution >= 4 is 41.2 Å². The van der Waals surface area contributed by atoms with Gasteiger partial charge in [0, 0.05) is 12.2 Å². The summed E-state index contributed by atoms with van der Waals surface area (Å²) in [4.78, 5) is 24.4. The van der Waals surface area contributed by atoms with Crippen LogP contribution in [-0.4, -0.2) is 29.6 Å². The summed E-state index contributed by atoms with van der Waals surface area (Å²) in [6, 6.07) is 6.74. The average molecular weight is 380 g/mol. The second-order valence-corrected chi connectivity index (χ2v) is 6.94. The fraction of sp³-hybridized carbons (Fsp3) is 0.353. The third-order valence-corrected chi connectivity index (χ3v) is 4.89. The molecule has 0 spiro atoms. The van der Waals surface area contributed by atoms with Gasteiger partial charge in [-0.15, -0.1) is 0 Å². The molecule has 1 amide bonds. The van der Waals surface area contributed by atoms with E-state index in [0.717, 1.165) is 12.8 Å². The maximum Gasteiger partial charge on any atom is 0.338 e. The molecule has 0 aliphatic carbocycles. The molecule has 2 aromatic rings. The minimum absolute atomic E-state index is 0.219. The summed E-state index contributed by atoms with van der Waals surface area (Å²) < 4.78 is 7.06. The molecule has 8 heteroatoms. The van der Waals surface area contributed by atoms with Crippen molar-refractivity contribution in [3.63, 3.8) is 0 Å². The van der Waals surface area contributed by atoms with Gasteiger partial charge < -0.3 is 15.8 Å². The lowest BCUT2D eigenvalue weighted by Gasteiger charge is -2.08. The van der Waals surface area contributed by atoms with Crippen molar-refractivity contribution in [1.82, 2.24) is 9.88 Å². The molecule has 1 aromatic heterocycles. The first-order valence-electron chi connectivity index (χ1n) is 8.06. The van der Waals surface area contributed by atoms with Gasteiger partial charge in [0.05, 0.1) is 12.2 Å². The average Bonchev–Trinajstić information content (AvgIpc) is 2.90. The number of aromatic nitrogens is 1. The number of amides is 1. The first kappa shape index (κ1) is 19.1. The topological polar surface area (TPSA) is 86.3 Å². The Balaban J connectivity index is 2.27. The minimum Gasteiger partial charge on any atom is -0.462 e. The smallest absolute Gasteiger partial charge is 0.338 e. The van der Waals surface area contributed by atoms with Gasteiger partial charge in [0.2, 0.25) is 0 Å². The number of anilines is 1. The number of hydrogen-bond acceptors (Lipinski definition) is 6. The van der Waals surface area contributed by atoms with Crippen molar-refractivity contribution < 1.29 is 14.3 Å². The summed E-state index contributed by atoms with van der Waals surface area (Å²) in [7, 11) is 0. The maximum absolute atomic E-state index is 12.3. The number of nitrogens with one attached hydrogen (secondary N) is 1. The normalized spacial score (nSPS) is 10.5. The zero-order chi connectivity index (χ0) is 18.4. The molecule has 0 aliphatic rings. The van der Waals surface area contributed by atoms with Gasteiger partial charge in [-0.2, -0.15) is 0 Å². The number of unbranched alkanes of at least 4 members (excludes halogenated alkanes) is 1. The van der Waals surface area contributed by atoms with Crippen molar-refractivity contribution in [2.75, 3.05) is 18.9 Å². The molecule has 6 nitrogen and oxygen atoms in total. The Morgan fingerprint density at radius 2 is 1.96 bits per heavy atom. The van der Waals surface area contributed by atoms with Crippen LogP contribution in [0.25, 0.3) is 5.69 Å². The second-order valence-electron chi connectivity index (χ2n) is 5.29. The van der Waals surface area contributed by atoms with Gasteiger partial charge in [-0.3, -0.25) is 9.36 Å². The van der Waals surface area contributed by atoms with Gasteiger partial charge in [0.25, 0.3) is 5.91 Å².